The summed E-state index contributed by atoms with van der Waals surface area (Å²) in [4.78, 5) is 14.8. The zero-order valence-corrected chi connectivity index (χ0v) is 9.96. The molecule has 0 aliphatic heterocycles. The van der Waals surface area contributed by atoms with Gasteiger partial charge in [0.05, 0.1) is 5.56 Å². The predicted octanol–water partition coefficient (Wildman–Crippen LogP) is 2.67. The number of hydrogen-bond acceptors (Lipinski definition) is 3. The normalized spacial score (nSPS) is 10.1. The van der Waals surface area contributed by atoms with E-state index in [0.29, 0.717) is 5.56 Å². The molecule has 1 aromatic carbocycles. The molecule has 0 unspecified atom stereocenters. The summed E-state index contributed by atoms with van der Waals surface area (Å²) in [5.41, 5.74) is 1.88. The van der Waals surface area contributed by atoms with Gasteiger partial charge in [0.2, 0.25) is 0 Å². The van der Waals surface area contributed by atoms with Crippen molar-refractivity contribution in [3.05, 3.63) is 59.4 Å². The van der Waals surface area contributed by atoms with Crippen LogP contribution < -0.4 is 4.74 Å². The molecule has 0 bridgehead atoms. The fourth-order valence-electron chi connectivity index (χ4n) is 1.61. The predicted molar refractivity (Wildman–Crippen MR) is 66.7 cm³/mol. The molecule has 0 saturated heterocycles. The molecule has 1 aromatic heterocycles. The summed E-state index contributed by atoms with van der Waals surface area (Å²) in [6.07, 6.45) is 2.89. The van der Waals surface area contributed by atoms with E-state index in [1.54, 1.807) is 12.3 Å². The van der Waals surface area contributed by atoms with E-state index in [0.717, 1.165) is 11.3 Å². The van der Waals surface area contributed by atoms with E-state index < -0.39 is 5.97 Å². The Morgan fingerprint density at radius 2 is 2.22 bits per heavy atom. The minimum absolute atomic E-state index is 0.171. The van der Waals surface area contributed by atoms with Gasteiger partial charge in [0.15, 0.2) is 0 Å². The highest BCUT2D eigenvalue weighted by molar-refractivity contribution is 5.88. The number of nitrogens with zero attached hydrogens (tertiary/aromatic N) is 1. The molecule has 0 aliphatic carbocycles. The van der Waals surface area contributed by atoms with Gasteiger partial charge in [0.25, 0.3) is 0 Å². The number of carboxylic acids is 1. The second-order valence-electron chi connectivity index (χ2n) is 3.94. The van der Waals surface area contributed by atoms with Gasteiger partial charge in [-0.2, -0.15) is 0 Å². The third-order valence-electron chi connectivity index (χ3n) is 2.53. The summed E-state index contributed by atoms with van der Waals surface area (Å²) in [6.45, 7) is 2.19. The Kier molecular flexibility index (Phi) is 3.57. The zero-order chi connectivity index (χ0) is 13.0. The Hall–Kier alpha value is -2.36. The van der Waals surface area contributed by atoms with E-state index in [2.05, 4.69) is 4.98 Å². The summed E-state index contributed by atoms with van der Waals surface area (Å²) in [5.74, 6) is -0.269. The molecule has 0 saturated carbocycles. The lowest BCUT2D eigenvalue weighted by molar-refractivity contribution is 0.0693. The van der Waals surface area contributed by atoms with E-state index in [1.807, 2.05) is 31.2 Å². The summed E-state index contributed by atoms with van der Waals surface area (Å²) in [5, 5.41) is 9.01. The van der Waals surface area contributed by atoms with Gasteiger partial charge >= 0.3 is 5.97 Å². The van der Waals surface area contributed by atoms with Crippen LogP contribution in [0.3, 0.4) is 0 Å². The molecule has 1 heterocycles. The molecule has 0 radical (unpaired) electrons. The van der Waals surface area contributed by atoms with Crippen molar-refractivity contribution in [2.75, 3.05) is 0 Å². The van der Waals surface area contributed by atoms with Crippen LogP contribution in [0.4, 0.5) is 0 Å². The monoisotopic (exact) mass is 243 g/mol. The van der Waals surface area contributed by atoms with E-state index in [9.17, 15) is 4.79 Å². The zero-order valence-electron chi connectivity index (χ0n) is 9.96. The number of carbonyl (C=O) groups is 1. The van der Waals surface area contributed by atoms with Crippen molar-refractivity contribution in [1.82, 2.24) is 4.98 Å². The molecule has 2 rings (SSSR count). The molecular weight excluding hydrogens is 230 g/mol. The molecule has 0 aliphatic rings. The Morgan fingerprint density at radius 3 is 2.94 bits per heavy atom. The van der Waals surface area contributed by atoms with Gasteiger partial charge in [-0.25, -0.2) is 4.79 Å². The fraction of sp³-hybridized carbons (Fsp3) is 0.143. The minimum atomic E-state index is -0.994. The van der Waals surface area contributed by atoms with E-state index in [4.69, 9.17) is 9.84 Å². The smallest absolute Gasteiger partial charge is 0.337 e. The summed E-state index contributed by atoms with van der Waals surface area (Å²) < 4.78 is 5.57. The highest BCUT2D eigenvalue weighted by atomic mass is 16.5. The van der Waals surface area contributed by atoms with Crippen molar-refractivity contribution in [2.45, 2.75) is 13.5 Å². The van der Waals surface area contributed by atoms with E-state index in [1.165, 1.54) is 6.20 Å². The standard InChI is InChI=1S/C14H13NO3/c1-10-3-2-4-12(7-10)18-9-11-5-6-15-8-13(11)14(16)17/h2-8H,9H2,1H3,(H,16,17). The average molecular weight is 243 g/mol. The van der Waals surface area contributed by atoms with Crippen molar-refractivity contribution in [3.63, 3.8) is 0 Å². The number of ether oxygens (including phenoxy) is 1. The number of aromatic nitrogens is 1. The first-order chi connectivity index (χ1) is 8.66. The van der Waals surface area contributed by atoms with Crippen molar-refractivity contribution in [2.24, 2.45) is 0 Å². The fourth-order valence-corrected chi connectivity index (χ4v) is 1.61. The molecule has 1 N–H and O–H groups in total. The number of aromatic carboxylic acids is 1. The molecule has 18 heavy (non-hydrogen) atoms. The number of aryl methyl sites for hydroxylation is 1. The van der Waals surface area contributed by atoms with Gasteiger partial charge in [0, 0.05) is 18.0 Å². The van der Waals surface area contributed by atoms with Gasteiger partial charge in [-0.05, 0) is 30.7 Å². The third-order valence-corrected chi connectivity index (χ3v) is 2.53. The lowest BCUT2D eigenvalue weighted by atomic mass is 10.1. The molecule has 2 aromatic rings. The second kappa shape index (κ2) is 5.31. The molecule has 0 amide bonds. The van der Waals surface area contributed by atoms with Crippen LogP contribution >= 0.6 is 0 Å². The van der Waals surface area contributed by atoms with Crippen LogP contribution in [0.2, 0.25) is 0 Å². The van der Waals surface area contributed by atoms with Crippen LogP contribution in [-0.2, 0) is 6.61 Å². The average Bonchev–Trinajstić information content (AvgIpc) is 2.37. The first-order valence-electron chi connectivity index (χ1n) is 5.52. The van der Waals surface area contributed by atoms with Gasteiger partial charge in [-0.3, -0.25) is 4.98 Å². The lowest BCUT2D eigenvalue weighted by Crippen LogP contribution is -2.06. The summed E-state index contributed by atoms with van der Waals surface area (Å²) >= 11 is 0. The number of hydrogen-bond donors (Lipinski definition) is 1. The van der Waals surface area contributed by atoms with E-state index in [-0.39, 0.29) is 12.2 Å². The Morgan fingerprint density at radius 1 is 1.39 bits per heavy atom. The van der Waals surface area contributed by atoms with Gasteiger partial charge < -0.3 is 9.84 Å². The maximum atomic E-state index is 11.0. The van der Waals surface area contributed by atoms with E-state index >= 15 is 0 Å². The molecule has 4 heteroatoms. The molecule has 0 fully saturated rings. The van der Waals surface area contributed by atoms with Crippen molar-refractivity contribution >= 4 is 5.97 Å². The van der Waals surface area contributed by atoms with Gasteiger partial charge in [0.1, 0.15) is 12.4 Å². The maximum absolute atomic E-state index is 11.0. The van der Waals surface area contributed by atoms with Crippen LogP contribution in [0.1, 0.15) is 21.5 Å². The molecular formula is C14H13NO3. The highest BCUT2D eigenvalue weighted by Gasteiger charge is 2.10. The number of carboxylic acid groups (broad SMARTS) is 1. The largest absolute Gasteiger partial charge is 0.489 e. The van der Waals surface area contributed by atoms with Gasteiger partial charge in [-0.1, -0.05) is 12.1 Å². The topological polar surface area (TPSA) is 59.4 Å². The minimum Gasteiger partial charge on any atom is -0.489 e. The highest BCUT2D eigenvalue weighted by Crippen LogP contribution is 2.15. The quantitative estimate of drug-likeness (QED) is 0.896. The molecule has 4 nitrogen and oxygen atoms in total. The summed E-state index contributed by atoms with van der Waals surface area (Å²) in [6, 6.07) is 9.27. The summed E-state index contributed by atoms with van der Waals surface area (Å²) in [7, 11) is 0. The molecule has 0 spiro atoms. The number of pyridine rings is 1. The van der Waals surface area contributed by atoms with Crippen LogP contribution in [0, 0.1) is 6.92 Å². The third kappa shape index (κ3) is 2.85. The first-order valence-corrected chi connectivity index (χ1v) is 5.52. The Balaban J connectivity index is 2.13. The first kappa shape index (κ1) is 12.1. The molecule has 0 atom stereocenters. The SMILES string of the molecule is Cc1cccc(OCc2ccncc2C(=O)O)c1. The Labute approximate surface area is 105 Å². The van der Waals surface area contributed by atoms with Gasteiger partial charge in [-0.15, -0.1) is 0 Å². The van der Waals surface area contributed by atoms with Crippen LogP contribution in [0.5, 0.6) is 5.75 Å². The second-order valence-corrected chi connectivity index (χ2v) is 3.94. The van der Waals surface area contributed by atoms with Crippen LogP contribution in [0.25, 0.3) is 0 Å². The van der Waals surface area contributed by atoms with Crippen molar-refractivity contribution < 1.29 is 14.6 Å². The van der Waals surface area contributed by atoms with Crippen molar-refractivity contribution in [1.29, 1.82) is 0 Å². The maximum Gasteiger partial charge on any atom is 0.337 e. The molecule has 92 valence electrons. The number of benzene rings is 1. The van der Waals surface area contributed by atoms with Crippen LogP contribution in [-0.4, -0.2) is 16.1 Å². The lowest BCUT2D eigenvalue weighted by Gasteiger charge is -2.08. The Bertz CT molecular complexity index is 566. The van der Waals surface area contributed by atoms with Crippen molar-refractivity contribution in [3.8, 4) is 5.75 Å². The van der Waals surface area contributed by atoms with Crippen LogP contribution in [0.15, 0.2) is 42.7 Å². The number of rotatable bonds is 4.